The summed E-state index contributed by atoms with van der Waals surface area (Å²) in [5, 5.41) is 8.22. The predicted octanol–water partition coefficient (Wildman–Crippen LogP) is 3.95. The number of nitrogens with one attached hydrogen (secondary N) is 2. The molecule has 0 spiro atoms. The summed E-state index contributed by atoms with van der Waals surface area (Å²) in [6.07, 6.45) is 6.26. The van der Waals surface area contributed by atoms with Crippen LogP contribution in [0.4, 0.5) is 5.00 Å². The van der Waals surface area contributed by atoms with Crippen molar-refractivity contribution in [3.05, 3.63) is 44.5 Å². The molecule has 2 heterocycles. The van der Waals surface area contributed by atoms with Crippen LogP contribution in [0.2, 0.25) is 0 Å². The van der Waals surface area contributed by atoms with Crippen molar-refractivity contribution in [2.45, 2.75) is 26.2 Å². The zero-order chi connectivity index (χ0) is 17.1. The molecule has 1 atom stereocenters. The van der Waals surface area contributed by atoms with Gasteiger partial charge in [-0.25, -0.2) is 0 Å². The number of carbonyl (C=O) groups is 2. The number of carbonyl (C=O) groups excluding carboxylic acids is 2. The molecule has 4 nitrogen and oxygen atoms in total. The Morgan fingerprint density at radius 1 is 1.38 bits per heavy atom. The Kier molecular flexibility index (Phi) is 5.16. The van der Waals surface area contributed by atoms with Crippen LogP contribution in [0.15, 0.2) is 23.6 Å². The summed E-state index contributed by atoms with van der Waals surface area (Å²) in [5.74, 6) is 0.288. The number of anilines is 1. The van der Waals surface area contributed by atoms with Gasteiger partial charge in [0.25, 0.3) is 5.91 Å². The van der Waals surface area contributed by atoms with Crippen LogP contribution < -0.4 is 10.6 Å². The van der Waals surface area contributed by atoms with Gasteiger partial charge in [-0.2, -0.15) is 0 Å². The highest BCUT2D eigenvalue weighted by atomic mass is 32.1. The first-order valence-electron chi connectivity index (χ1n) is 7.97. The minimum Gasteiger partial charge on any atom is -0.355 e. The fraction of sp³-hybridized carbons (Fsp3) is 0.333. The van der Waals surface area contributed by atoms with Gasteiger partial charge >= 0.3 is 0 Å². The lowest BCUT2D eigenvalue weighted by atomic mass is 9.88. The normalized spacial score (nSPS) is 16.8. The Balaban J connectivity index is 1.84. The van der Waals surface area contributed by atoms with Crippen LogP contribution in [-0.2, 0) is 17.6 Å². The molecule has 0 aromatic carbocycles. The van der Waals surface area contributed by atoms with Crippen molar-refractivity contribution in [2.24, 2.45) is 5.92 Å². The van der Waals surface area contributed by atoms with Crippen LogP contribution in [0, 0.1) is 5.92 Å². The van der Waals surface area contributed by atoms with E-state index in [4.69, 9.17) is 0 Å². The highest BCUT2D eigenvalue weighted by Crippen LogP contribution is 2.39. The van der Waals surface area contributed by atoms with E-state index in [9.17, 15) is 9.59 Å². The van der Waals surface area contributed by atoms with Gasteiger partial charge in [0.1, 0.15) is 5.00 Å². The maximum atomic E-state index is 12.3. The average molecular weight is 361 g/mol. The summed E-state index contributed by atoms with van der Waals surface area (Å²) in [4.78, 5) is 26.8. The van der Waals surface area contributed by atoms with Gasteiger partial charge in [-0.15, -0.1) is 22.7 Å². The molecule has 24 heavy (non-hydrogen) atoms. The summed E-state index contributed by atoms with van der Waals surface area (Å²) >= 11 is 3.11. The molecule has 3 rings (SSSR count). The maximum absolute atomic E-state index is 12.3. The van der Waals surface area contributed by atoms with Crippen molar-refractivity contribution in [3.63, 3.8) is 0 Å². The van der Waals surface area contributed by atoms with E-state index < -0.39 is 0 Å². The molecule has 2 aromatic rings. The molecule has 0 radical (unpaired) electrons. The highest BCUT2D eigenvalue weighted by Gasteiger charge is 2.27. The quantitative estimate of drug-likeness (QED) is 0.811. The zero-order valence-electron chi connectivity index (χ0n) is 13.7. The van der Waals surface area contributed by atoms with E-state index in [-0.39, 0.29) is 11.8 Å². The third-order valence-corrected chi connectivity index (χ3v) is 6.15. The second kappa shape index (κ2) is 7.32. The lowest BCUT2D eigenvalue weighted by Gasteiger charge is -2.18. The molecule has 0 aliphatic heterocycles. The lowest BCUT2D eigenvalue weighted by molar-refractivity contribution is -0.111. The smallest absolute Gasteiger partial charge is 0.254 e. The third kappa shape index (κ3) is 3.60. The fourth-order valence-corrected chi connectivity index (χ4v) is 4.93. The molecule has 126 valence electrons. The standard InChI is InChI=1S/C18H20N2O2S2/c1-11-5-7-13-14(10-11)24-18(16(13)17(22)19-2)20-15(21)8-6-12-4-3-9-23-12/h3-4,6,8-9,11H,5,7,10H2,1-2H3,(H,19,22)(H,20,21)/b8-6+/t11-/m1/s1. The van der Waals surface area contributed by atoms with E-state index in [0.29, 0.717) is 16.5 Å². The minimum atomic E-state index is -0.208. The number of hydrogen-bond acceptors (Lipinski definition) is 4. The number of rotatable bonds is 4. The monoisotopic (exact) mass is 360 g/mol. The van der Waals surface area contributed by atoms with Crippen molar-refractivity contribution >= 4 is 45.6 Å². The van der Waals surface area contributed by atoms with Gasteiger partial charge < -0.3 is 10.6 Å². The van der Waals surface area contributed by atoms with Crippen molar-refractivity contribution in [1.82, 2.24) is 5.32 Å². The topological polar surface area (TPSA) is 58.2 Å². The zero-order valence-corrected chi connectivity index (χ0v) is 15.4. The van der Waals surface area contributed by atoms with Crippen LogP contribution in [-0.4, -0.2) is 18.9 Å². The van der Waals surface area contributed by atoms with Gasteiger partial charge in [0.2, 0.25) is 5.91 Å². The summed E-state index contributed by atoms with van der Waals surface area (Å²) in [6.45, 7) is 2.23. The van der Waals surface area contributed by atoms with Crippen LogP contribution >= 0.6 is 22.7 Å². The first-order valence-corrected chi connectivity index (χ1v) is 9.67. The van der Waals surface area contributed by atoms with E-state index in [1.807, 2.05) is 17.5 Å². The number of hydrogen-bond donors (Lipinski definition) is 2. The van der Waals surface area contributed by atoms with Crippen LogP contribution in [0.3, 0.4) is 0 Å². The Labute approximate surface area is 149 Å². The van der Waals surface area contributed by atoms with Crippen molar-refractivity contribution in [1.29, 1.82) is 0 Å². The predicted molar refractivity (Wildman–Crippen MR) is 101 cm³/mol. The summed E-state index contributed by atoms with van der Waals surface area (Å²) in [6, 6.07) is 3.90. The number of amides is 2. The highest BCUT2D eigenvalue weighted by molar-refractivity contribution is 7.17. The van der Waals surface area contributed by atoms with E-state index in [1.165, 1.54) is 22.3 Å². The summed E-state index contributed by atoms with van der Waals surface area (Å²) in [7, 11) is 1.63. The van der Waals surface area contributed by atoms with Gasteiger partial charge in [-0.3, -0.25) is 9.59 Å². The number of fused-ring (bicyclic) bond motifs is 1. The van der Waals surface area contributed by atoms with Gasteiger partial charge in [-0.1, -0.05) is 13.0 Å². The molecule has 0 unspecified atom stereocenters. The SMILES string of the molecule is CNC(=O)c1c(NC(=O)/C=C/c2cccs2)sc2c1CC[C@@H](C)C2. The van der Waals surface area contributed by atoms with Gasteiger partial charge in [0.05, 0.1) is 5.56 Å². The second-order valence-electron chi connectivity index (χ2n) is 5.97. The van der Waals surface area contributed by atoms with Crippen LogP contribution in [0.5, 0.6) is 0 Å². The molecule has 1 aliphatic rings. The Bertz CT molecular complexity index is 775. The molecule has 0 bridgehead atoms. The second-order valence-corrected chi connectivity index (χ2v) is 8.06. The summed E-state index contributed by atoms with van der Waals surface area (Å²) < 4.78 is 0. The largest absolute Gasteiger partial charge is 0.355 e. The third-order valence-electron chi connectivity index (χ3n) is 4.14. The van der Waals surface area contributed by atoms with Crippen LogP contribution in [0.1, 0.15) is 39.0 Å². The molecule has 0 fully saturated rings. The Morgan fingerprint density at radius 2 is 2.21 bits per heavy atom. The molecular weight excluding hydrogens is 340 g/mol. The van der Waals surface area contributed by atoms with E-state index in [0.717, 1.165) is 29.7 Å². The minimum absolute atomic E-state index is 0.125. The maximum Gasteiger partial charge on any atom is 0.254 e. The Morgan fingerprint density at radius 3 is 2.92 bits per heavy atom. The molecule has 2 aromatic heterocycles. The molecular formula is C18H20N2O2S2. The summed E-state index contributed by atoms with van der Waals surface area (Å²) in [5.41, 5.74) is 1.75. The van der Waals surface area contributed by atoms with Crippen LogP contribution in [0.25, 0.3) is 6.08 Å². The first-order chi connectivity index (χ1) is 11.6. The molecule has 1 aliphatic carbocycles. The Hall–Kier alpha value is -1.92. The van der Waals surface area contributed by atoms with E-state index in [2.05, 4.69) is 17.6 Å². The van der Waals surface area contributed by atoms with Crippen molar-refractivity contribution in [3.8, 4) is 0 Å². The van der Waals surface area contributed by atoms with Crippen molar-refractivity contribution in [2.75, 3.05) is 12.4 Å². The average Bonchev–Trinajstić information content (AvgIpc) is 3.19. The molecule has 2 N–H and O–H groups in total. The molecule has 6 heteroatoms. The van der Waals surface area contributed by atoms with Gasteiger partial charge in [-0.05, 0) is 48.3 Å². The van der Waals surface area contributed by atoms with Gasteiger partial charge in [0, 0.05) is 22.9 Å². The fourth-order valence-electron chi connectivity index (χ4n) is 2.90. The van der Waals surface area contributed by atoms with E-state index >= 15 is 0 Å². The lowest BCUT2D eigenvalue weighted by Crippen LogP contribution is -2.22. The molecule has 0 saturated carbocycles. The number of thiophene rings is 2. The van der Waals surface area contributed by atoms with Gasteiger partial charge in [0.15, 0.2) is 0 Å². The van der Waals surface area contributed by atoms with Crippen molar-refractivity contribution < 1.29 is 9.59 Å². The van der Waals surface area contributed by atoms with E-state index in [1.54, 1.807) is 24.5 Å². The molecule has 0 saturated heterocycles. The first kappa shape index (κ1) is 16.9. The molecule has 2 amide bonds.